The number of ether oxygens (including phenoxy) is 2. The van der Waals surface area contributed by atoms with Crippen LogP contribution in [0, 0.1) is 0 Å². The molecule has 0 saturated carbocycles. The standard InChI is InChI=1S/C37H36N2O5/c1-36(2,3)44-35(42)39-25-26(30-22-14-15-23-32(30)39)24-31(33(40)43-4)38-34(41)37(27-16-8-5-9-17-27,28-18-10-6-11-19-28)29-20-12-7-13-21-29/h5-23,25,31H,24H2,1-4H3,(H,38,41)/t31-/m0/s1. The van der Waals surface area contributed by atoms with Gasteiger partial charge < -0.3 is 14.8 Å². The van der Waals surface area contributed by atoms with Crippen LogP contribution in [0.2, 0.25) is 0 Å². The van der Waals surface area contributed by atoms with Gasteiger partial charge in [-0.2, -0.15) is 0 Å². The Kier molecular flexibility index (Phi) is 8.67. The number of aromatic nitrogens is 1. The van der Waals surface area contributed by atoms with Crippen LogP contribution in [0.5, 0.6) is 0 Å². The molecule has 0 saturated heterocycles. The van der Waals surface area contributed by atoms with Crippen LogP contribution in [-0.2, 0) is 30.9 Å². The lowest BCUT2D eigenvalue weighted by molar-refractivity contribution is -0.145. The second-order valence-corrected chi connectivity index (χ2v) is 11.6. The van der Waals surface area contributed by atoms with Gasteiger partial charge in [0.2, 0.25) is 5.91 Å². The number of hydrogen-bond donors (Lipinski definition) is 1. The first-order chi connectivity index (χ1) is 21.1. The Balaban J connectivity index is 1.60. The predicted molar refractivity (Wildman–Crippen MR) is 170 cm³/mol. The molecule has 0 radical (unpaired) electrons. The van der Waals surface area contributed by atoms with Crippen molar-refractivity contribution in [1.29, 1.82) is 0 Å². The number of amides is 1. The second kappa shape index (κ2) is 12.6. The summed E-state index contributed by atoms with van der Waals surface area (Å²) >= 11 is 0. The topological polar surface area (TPSA) is 86.6 Å². The Morgan fingerprint density at radius 3 is 1.68 bits per heavy atom. The second-order valence-electron chi connectivity index (χ2n) is 11.6. The third-order valence-corrected chi connectivity index (χ3v) is 7.56. The molecular weight excluding hydrogens is 552 g/mol. The summed E-state index contributed by atoms with van der Waals surface area (Å²) in [6.07, 6.45) is 1.22. The van der Waals surface area contributed by atoms with E-state index in [1.807, 2.05) is 115 Å². The van der Waals surface area contributed by atoms with Gasteiger partial charge in [0.25, 0.3) is 0 Å². The highest BCUT2D eigenvalue weighted by Crippen LogP contribution is 2.40. The van der Waals surface area contributed by atoms with Crippen molar-refractivity contribution in [3.05, 3.63) is 144 Å². The van der Waals surface area contributed by atoms with Crippen LogP contribution in [0.4, 0.5) is 4.79 Å². The molecule has 0 unspecified atom stereocenters. The lowest BCUT2D eigenvalue weighted by Gasteiger charge is -2.35. The third kappa shape index (κ3) is 5.99. The molecule has 0 bridgehead atoms. The van der Waals surface area contributed by atoms with Crippen molar-refractivity contribution in [3.63, 3.8) is 0 Å². The van der Waals surface area contributed by atoms with Gasteiger partial charge >= 0.3 is 12.1 Å². The van der Waals surface area contributed by atoms with Crippen LogP contribution in [0.15, 0.2) is 121 Å². The maximum absolute atomic E-state index is 14.8. The van der Waals surface area contributed by atoms with Crippen molar-refractivity contribution in [2.75, 3.05) is 7.11 Å². The minimum absolute atomic E-state index is 0.0865. The van der Waals surface area contributed by atoms with Crippen LogP contribution in [-0.4, -0.2) is 41.3 Å². The number of hydrogen-bond acceptors (Lipinski definition) is 5. The van der Waals surface area contributed by atoms with Crippen molar-refractivity contribution in [1.82, 2.24) is 9.88 Å². The van der Waals surface area contributed by atoms with E-state index in [4.69, 9.17) is 9.47 Å². The van der Waals surface area contributed by atoms with Crippen molar-refractivity contribution in [2.24, 2.45) is 0 Å². The van der Waals surface area contributed by atoms with E-state index in [1.165, 1.54) is 11.7 Å². The van der Waals surface area contributed by atoms with Crippen LogP contribution < -0.4 is 5.32 Å². The number of nitrogens with one attached hydrogen (secondary N) is 1. The number of carbonyl (C=O) groups is 3. The van der Waals surface area contributed by atoms with E-state index in [9.17, 15) is 14.4 Å². The van der Waals surface area contributed by atoms with Crippen molar-refractivity contribution in [2.45, 2.75) is 44.2 Å². The van der Waals surface area contributed by atoms with Crippen LogP contribution >= 0.6 is 0 Å². The molecule has 0 aliphatic heterocycles. The van der Waals surface area contributed by atoms with E-state index < -0.39 is 29.1 Å². The van der Waals surface area contributed by atoms with Crippen LogP contribution in [0.25, 0.3) is 10.9 Å². The quantitative estimate of drug-likeness (QED) is 0.162. The molecule has 0 spiro atoms. The van der Waals surface area contributed by atoms with Gasteiger partial charge in [-0.25, -0.2) is 9.59 Å². The summed E-state index contributed by atoms with van der Waals surface area (Å²) in [5, 5.41) is 3.82. The smallest absolute Gasteiger partial charge is 0.419 e. The molecular formula is C37H36N2O5. The summed E-state index contributed by atoms with van der Waals surface area (Å²) < 4.78 is 12.3. The average molecular weight is 589 g/mol. The van der Waals surface area contributed by atoms with Crippen molar-refractivity contribution in [3.8, 4) is 0 Å². The van der Waals surface area contributed by atoms with Gasteiger partial charge in [0, 0.05) is 18.0 Å². The van der Waals surface area contributed by atoms with E-state index in [0.29, 0.717) is 11.1 Å². The van der Waals surface area contributed by atoms with Crippen LogP contribution in [0.1, 0.15) is 43.0 Å². The Labute approximate surface area is 257 Å². The van der Waals surface area contributed by atoms with E-state index in [0.717, 1.165) is 22.1 Å². The van der Waals surface area contributed by atoms with Gasteiger partial charge in [-0.3, -0.25) is 9.36 Å². The molecule has 44 heavy (non-hydrogen) atoms. The largest absolute Gasteiger partial charge is 0.467 e. The minimum atomic E-state index is -1.28. The Bertz CT molecular complexity index is 1660. The average Bonchev–Trinajstić information content (AvgIpc) is 3.40. The monoisotopic (exact) mass is 588 g/mol. The third-order valence-electron chi connectivity index (χ3n) is 7.56. The fourth-order valence-electron chi connectivity index (χ4n) is 5.65. The predicted octanol–water partition coefficient (Wildman–Crippen LogP) is 6.66. The van der Waals surface area contributed by atoms with E-state index >= 15 is 0 Å². The fourth-order valence-corrected chi connectivity index (χ4v) is 5.65. The van der Waals surface area contributed by atoms with E-state index in [2.05, 4.69) is 5.32 Å². The highest BCUT2D eigenvalue weighted by molar-refractivity contribution is 5.99. The lowest BCUT2D eigenvalue weighted by atomic mass is 9.68. The molecule has 1 heterocycles. The zero-order valence-electron chi connectivity index (χ0n) is 25.3. The number of benzene rings is 4. The first-order valence-electron chi connectivity index (χ1n) is 14.5. The molecule has 1 aromatic heterocycles. The summed E-state index contributed by atoms with van der Waals surface area (Å²) in [4.78, 5) is 41.3. The highest BCUT2D eigenvalue weighted by atomic mass is 16.6. The number of para-hydroxylation sites is 1. The van der Waals surface area contributed by atoms with Gasteiger partial charge in [-0.15, -0.1) is 0 Å². The minimum Gasteiger partial charge on any atom is -0.467 e. The summed E-state index contributed by atoms with van der Waals surface area (Å²) in [5.74, 6) is -0.983. The molecule has 4 aromatic carbocycles. The van der Waals surface area contributed by atoms with Gasteiger partial charge in [0.1, 0.15) is 17.1 Å². The van der Waals surface area contributed by atoms with Crippen molar-refractivity contribution >= 4 is 28.9 Å². The molecule has 1 atom stereocenters. The number of methoxy groups -OCH3 is 1. The van der Waals surface area contributed by atoms with E-state index in [-0.39, 0.29) is 12.3 Å². The van der Waals surface area contributed by atoms with Gasteiger partial charge in [-0.1, -0.05) is 109 Å². The number of esters is 1. The molecule has 0 fully saturated rings. The molecule has 0 aliphatic carbocycles. The fraction of sp³-hybridized carbons (Fsp3) is 0.216. The molecule has 1 amide bonds. The Hall–Kier alpha value is -5.17. The van der Waals surface area contributed by atoms with Gasteiger partial charge in [0.15, 0.2) is 0 Å². The molecule has 5 aromatic rings. The Morgan fingerprint density at radius 2 is 1.20 bits per heavy atom. The van der Waals surface area contributed by atoms with Gasteiger partial charge in [-0.05, 0) is 49.1 Å². The van der Waals surface area contributed by atoms with Crippen molar-refractivity contribution < 1.29 is 23.9 Å². The Morgan fingerprint density at radius 1 is 0.727 bits per heavy atom. The number of nitrogens with zero attached hydrogens (tertiary/aromatic N) is 1. The zero-order chi connectivity index (χ0) is 31.3. The zero-order valence-corrected chi connectivity index (χ0v) is 25.3. The molecule has 5 rings (SSSR count). The van der Waals surface area contributed by atoms with Gasteiger partial charge in [0.05, 0.1) is 12.6 Å². The molecule has 0 aliphatic rings. The summed E-state index contributed by atoms with van der Waals surface area (Å²) in [6.45, 7) is 5.41. The maximum atomic E-state index is 14.8. The molecule has 1 N–H and O–H groups in total. The maximum Gasteiger partial charge on any atom is 0.419 e. The summed E-state index contributed by atoms with van der Waals surface area (Å²) in [5.41, 5.74) is 1.60. The number of carbonyl (C=O) groups excluding carboxylic acids is 3. The van der Waals surface area contributed by atoms with Crippen LogP contribution in [0.3, 0.4) is 0 Å². The molecule has 7 heteroatoms. The summed E-state index contributed by atoms with van der Waals surface area (Å²) in [6, 6.07) is 34.9. The molecule has 7 nitrogen and oxygen atoms in total. The first-order valence-corrected chi connectivity index (χ1v) is 14.5. The summed E-state index contributed by atoms with van der Waals surface area (Å²) in [7, 11) is 1.30. The number of rotatable bonds is 8. The van der Waals surface area contributed by atoms with E-state index in [1.54, 1.807) is 27.0 Å². The first kappa shape index (κ1) is 30.3. The normalized spacial score (nSPS) is 12.4. The lowest BCUT2D eigenvalue weighted by Crippen LogP contribution is -2.52. The molecule has 224 valence electrons. The highest BCUT2D eigenvalue weighted by Gasteiger charge is 2.45. The number of fused-ring (bicyclic) bond motifs is 1. The SMILES string of the molecule is COC(=O)[C@H](Cc1cn(C(=O)OC(C)(C)C)c2ccccc12)NC(=O)C(c1ccccc1)(c1ccccc1)c1ccccc1.